The maximum atomic E-state index is 13.7. The zero-order valence-electron chi connectivity index (χ0n) is 18.6. The number of rotatable bonds is 5. The van der Waals surface area contributed by atoms with Gasteiger partial charge in [-0.3, -0.25) is 14.5 Å². The van der Waals surface area contributed by atoms with Crippen LogP contribution in [-0.2, 0) is 4.74 Å². The minimum atomic E-state index is -0.426. The largest absolute Gasteiger partial charge is 0.450 e. The molecule has 3 heterocycles. The number of carbonyl (C=O) groups is 1. The van der Waals surface area contributed by atoms with Gasteiger partial charge in [0.05, 0.1) is 30.2 Å². The maximum Gasteiger partial charge on any atom is 0.290 e. The van der Waals surface area contributed by atoms with Gasteiger partial charge in [0.2, 0.25) is 5.76 Å². The summed E-state index contributed by atoms with van der Waals surface area (Å²) < 4.78 is 11.5. The Kier molecular flexibility index (Phi) is 5.57. The third kappa shape index (κ3) is 3.63. The van der Waals surface area contributed by atoms with Crippen LogP contribution in [0.15, 0.2) is 51.7 Å². The van der Waals surface area contributed by atoms with E-state index in [-0.39, 0.29) is 17.1 Å². The van der Waals surface area contributed by atoms with Crippen molar-refractivity contribution in [2.75, 3.05) is 39.4 Å². The number of ether oxygens (including phenoxy) is 1. The number of morpholine rings is 1. The van der Waals surface area contributed by atoms with E-state index in [1.54, 1.807) is 0 Å². The fourth-order valence-corrected chi connectivity index (χ4v) is 5.02. The molecular formula is C26H28N2O4. The van der Waals surface area contributed by atoms with Crippen molar-refractivity contribution in [2.45, 2.75) is 26.3 Å². The van der Waals surface area contributed by atoms with Gasteiger partial charge in [-0.1, -0.05) is 36.4 Å². The summed E-state index contributed by atoms with van der Waals surface area (Å²) in [5, 5.41) is 0.568. The first kappa shape index (κ1) is 20.9. The summed E-state index contributed by atoms with van der Waals surface area (Å²) in [5.41, 5.74) is 3.67. The fraction of sp³-hybridized carbons (Fsp3) is 0.385. The lowest BCUT2D eigenvalue weighted by atomic mass is 9.97. The molecule has 1 fully saturated rings. The number of carbonyl (C=O) groups excluding carboxylic acids is 1. The second-order valence-corrected chi connectivity index (χ2v) is 8.75. The number of benzene rings is 2. The minimum absolute atomic E-state index is 0.100. The van der Waals surface area contributed by atoms with Crippen molar-refractivity contribution in [1.82, 2.24) is 9.80 Å². The zero-order chi connectivity index (χ0) is 22.2. The standard InChI is InChI=1S/C26H28N2O4/c1-17-15-18(2)21-20(16-17)32-25-22(24(21)29)23(19-7-4-3-5-8-19)28(26(25)30)10-6-9-27-11-13-31-14-12-27/h3-5,7-8,15-16,23H,6,9-14H2,1-2H3/t23-/m1/s1. The molecule has 0 bridgehead atoms. The molecule has 32 heavy (non-hydrogen) atoms. The first-order valence-corrected chi connectivity index (χ1v) is 11.3. The summed E-state index contributed by atoms with van der Waals surface area (Å²) in [6.07, 6.45) is 0.828. The Hall–Kier alpha value is -2.96. The van der Waals surface area contributed by atoms with Crippen molar-refractivity contribution >= 4 is 16.9 Å². The Labute approximate surface area is 187 Å². The van der Waals surface area contributed by atoms with Crippen LogP contribution >= 0.6 is 0 Å². The van der Waals surface area contributed by atoms with Gasteiger partial charge in [0.25, 0.3) is 5.91 Å². The molecule has 6 heteroatoms. The molecule has 0 N–H and O–H groups in total. The molecule has 0 radical (unpaired) electrons. The summed E-state index contributed by atoms with van der Waals surface area (Å²) >= 11 is 0. The summed E-state index contributed by atoms with van der Waals surface area (Å²) in [6.45, 7) is 8.69. The SMILES string of the molecule is Cc1cc(C)c2c(=O)c3c(oc2c1)C(=O)N(CCCN1CCOCC1)[C@@H]3c1ccccc1. The molecule has 1 atom stereocenters. The lowest BCUT2D eigenvalue weighted by Gasteiger charge is -2.29. The molecular weight excluding hydrogens is 404 g/mol. The van der Waals surface area contributed by atoms with Crippen LogP contribution in [0.2, 0.25) is 0 Å². The summed E-state index contributed by atoms with van der Waals surface area (Å²) in [7, 11) is 0. The molecule has 3 aromatic rings. The topological polar surface area (TPSA) is 63.0 Å². The van der Waals surface area contributed by atoms with E-state index in [2.05, 4.69) is 4.90 Å². The predicted octanol–water partition coefficient (Wildman–Crippen LogP) is 3.68. The average molecular weight is 433 g/mol. The van der Waals surface area contributed by atoms with Crippen molar-refractivity contribution in [3.8, 4) is 0 Å². The molecule has 2 aliphatic heterocycles. The van der Waals surface area contributed by atoms with Crippen LogP contribution in [0.5, 0.6) is 0 Å². The van der Waals surface area contributed by atoms with Gasteiger partial charge in [-0.15, -0.1) is 0 Å². The second-order valence-electron chi connectivity index (χ2n) is 8.75. The number of nitrogens with zero attached hydrogens (tertiary/aromatic N) is 2. The number of hydrogen-bond acceptors (Lipinski definition) is 5. The third-order valence-electron chi connectivity index (χ3n) is 6.50. The predicted molar refractivity (Wildman–Crippen MR) is 123 cm³/mol. The van der Waals surface area contributed by atoms with E-state index in [1.165, 1.54) is 0 Å². The van der Waals surface area contributed by atoms with Crippen LogP contribution in [-0.4, -0.2) is 55.1 Å². The molecule has 6 nitrogen and oxygen atoms in total. The molecule has 2 aliphatic rings. The van der Waals surface area contributed by atoms with E-state index in [9.17, 15) is 9.59 Å². The number of aryl methyl sites for hydroxylation is 2. The van der Waals surface area contributed by atoms with Gasteiger partial charge < -0.3 is 14.1 Å². The highest BCUT2D eigenvalue weighted by atomic mass is 16.5. The lowest BCUT2D eigenvalue weighted by Crippen LogP contribution is -2.38. The summed E-state index contributed by atoms with van der Waals surface area (Å²) in [4.78, 5) is 31.3. The monoisotopic (exact) mass is 432 g/mol. The highest BCUT2D eigenvalue weighted by Crippen LogP contribution is 2.38. The Balaban J connectivity index is 1.55. The molecule has 1 amide bonds. The van der Waals surface area contributed by atoms with Crippen LogP contribution in [0.3, 0.4) is 0 Å². The number of amides is 1. The third-order valence-corrected chi connectivity index (χ3v) is 6.50. The van der Waals surface area contributed by atoms with Crippen LogP contribution in [0.1, 0.15) is 45.3 Å². The van der Waals surface area contributed by atoms with Crippen molar-refractivity contribution < 1.29 is 13.9 Å². The van der Waals surface area contributed by atoms with Crippen molar-refractivity contribution in [1.29, 1.82) is 0 Å². The minimum Gasteiger partial charge on any atom is -0.450 e. The normalized spacial score (nSPS) is 19.0. The Bertz CT molecular complexity index is 1210. The lowest BCUT2D eigenvalue weighted by molar-refractivity contribution is 0.0353. The number of fused-ring (bicyclic) bond motifs is 2. The van der Waals surface area contributed by atoms with Crippen molar-refractivity contribution in [3.63, 3.8) is 0 Å². The van der Waals surface area contributed by atoms with Gasteiger partial charge in [-0.2, -0.15) is 0 Å². The van der Waals surface area contributed by atoms with E-state index in [0.29, 0.717) is 23.1 Å². The second kappa shape index (κ2) is 8.52. The average Bonchev–Trinajstić information content (AvgIpc) is 3.07. The van der Waals surface area contributed by atoms with Gasteiger partial charge in [-0.25, -0.2) is 0 Å². The molecule has 1 aromatic heterocycles. The molecule has 5 rings (SSSR count). The van der Waals surface area contributed by atoms with E-state index in [4.69, 9.17) is 9.15 Å². The fourth-order valence-electron chi connectivity index (χ4n) is 5.02. The van der Waals surface area contributed by atoms with Crippen molar-refractivity contribution in [3.05, 3.63) is 80.7 Å². The molecule has 166 valence electrons. The Morgan fingerprint density at radius 2 is 1.75 bits per heavy atom. The molecule has 0 saturated carbocycles. The quantitative estimate of drug-likeness (QED) is 0.616. The van der Waals surface area contributed by atoms with E-state index in [0.717, 1.165) is 56.0 Å². The van der Waals surface area contributed by atoms with Gasteiger partial charge in [0.15, 0.2) is 5.43 Å². The maximum absolute atomic E-state index is 13.7. The van der Waals surface area contributed by atoms with E-state index in [1.807, 2.05) is 61.2 Å². The highest BCUT2D eigenvalue weighted by molar-refractivity contribution is 5.99. The van der Waals surface area contributed by atoms with Crippen molar-refractivity contribution in [2.24, 2.45) is 0 Å². The zero-order valence-corrected chi connectivity index (χ0v) is 18.6. The molecule has 2 aromatic carbocycles. The molecule has 0 aliphatic carbocycles. The molecule has 1 saturated heterocycles. The summed E-state index contributed by atoms with van der Waals surface area (Å²) in [6, 6.07) is 13.2. The van der Waals surface area contributed by atoms with Gasteiger partial charge >= 0.3 is 0 Å². The number of hydrogen-bond donors (Lipinski definition) is 0. The molecule has 0 unspecified atom stereocenters. The smallest absolute Gasteiger partial charge is 0.290 e. The highest BCUT2D eigenvalue weighted by Gasteiger charge is 2.42. The molecule has 0 spiro atoms. The Morgan fingerprint density at radius 3 is 2.50 bits per heavy atom. The van der Waals surface area contributed by atoms with Gasteiger partial charge in [0.1, 0.15) is 5.58 Å². The summed E-state index contributed by atoms with van der Waals surface area (Å²) in [5.74, 6) is -0.0123. The van der Waals surface area contributed by atoms with Gasteiger partial charge in [0, 0.05) is 26.2 Å². The van der Waals surface area contributed by atoms with E-state index >= 15 is 0 Å². The van der Waals surface area contributed by atoms with Gasteiger partial charge in [-0.05, 0) is 43.0 Å². The first-order chi connectivity index (χ1) is 15.5. The van der Waals surface area contributed by atoms with Crippen LogP contribution in [0, 0.1) is 13.8 Å². The van der Waals surface area contributed by atoms with Crippen LogP contribution in [0.4, 0.5) is 0 Å². The van der Waals surface area contributed by atoms with Crippen LogP contribution < -0.4 is 5.43 Å². The first-order valence-electron chi connectivity index (χ1n) is 11.3. The van der Waals surface area contributed by atoms with Crippen LogP contribution in [0.25, 0.3) is 11.0 Å². The Morgan fingerprint density at radius 1 is 1.00 bits per heavy atom. The van der Waals surface area contributed by atoms with E-state index < -0.39 is 6.04 Å².